The molecule has 5 nitrogen and oxygen atoms in total. The molecule has 1 heterocycles. The van der Waals surface area contributed by atoms with Gasteiger partial charge in [0, 0.05) is 12.0 Å². The third kappa shape index (κ3) is 4.55. The summed E-state index contributed by atoms with van der Waals surface area (Å²) in [6, 6.07) is 8.55. The summed E-state index contributed by atoms with van der Waals surface area (Å²) in [6.07, 6.45) is 2.81. The number of amides is 1. The van der Waals surface area contributed by atoms with Crippen molar-refractivity contribution in [2.75, 3.05) is 0 Å². The van der Waals surface area contributed by atoms with Gasteiger partial charge in [-0.15, -0.1) is 0 Å². The number of rotatable bonds is 3. The average Bonchev–Trinajstić information content (AvgIpc) is 3.07. The van der Waals surface area contributed by atoms with Crippen LogP contribution in [-0.4, -0.2) is 36.1 Å². The second-order valence-corrected chi connectivity index (χ2v) is 10.0. The van der Waals surface area contributed by atoms with Crippen molar-refractivity contribution in [3.8, 4) is 0 Å². The van der Waals surface area contributed by atoms with Gasteiger partial charge in [-0.3, -0.25) is 0 Å². The van der Waals surface area contributed by atoms with Crippen molar-refractivity contribution in [2.24, 2.45) is 0 Å². The fraction of sp³-hybridized carbons (Fsp3) is 0.682. The Morgan fingerprint density at radius 1 is 1.07 bits per heavy atom. The molecule has 2 aliphatic rings. The van der Waals surface area contributed by atoms with Crippen LogP contribution in [0.5, 0.6) is 0 Å². The predicted octanol–water partition coefficient (Wildman–Crippen LogP) is 4.15. The first-order chi connectivity index (χ1) is 12.9. The molecule has 1 aromatic carbocycles. The lowest BCUT2D eigenvalue weighted by molar-refractivity contribution is 0.00578. The van der Waals surface area contributed by atoms with E-state index in [1.165, 1.54) is 5.56 Å². The monoisotopic (exact) mass is 387 g/mol. The molecule has 3 rings (SSSR count). The number of ether oxygens (including phenoxy) is 1. The van der Waals surface area contributed by atoms with E-state index in [0.29, 0.717) is 5.92 Å². The highest BCUT2D eigenvalue weighted by atomic mass is 16.7. The summed E-state index contributed by atoms with van der Waals surface area (Å²) in [5, 5.41) is 3.06. The molecule has 1 N–H and O–H groups in total. The van der Waals surface area contributed by atoms with Crippen molar-refractivity contribution in [2.45, 2.75) is 96.5 Å². The van der Waals surface area contributed by atoms with Crippen molar-refractivity contribution < 1.29 is 18.8 Å². The molecule has 154 valence electrons. The number of benzene rings is 1. The van der Waals surface area contributed by atoms with Gasteiger partial charge in [-0.05, 0) is 72.3 Å². The number of hydrogen-bond acceptors (Lipinski definition) is 4. The van der Waals surface area contributed by atoms with Crippen LogP contribution in [0.1, 0.15) is 79.2 Å². The summed E-state index contributed by atoms with van der Waals surface area (Å²) in [5.74, 6) is 0.305. The van der Waals surface area contributed by atoms with Crippen LogP contribution in [-0.2, 0) is 14.0 Å². The third-order valence-corrected chi connectivity index (χ3v) is 6.11. The van der Waals surface area contributed by atoms with Gasteiger partial charge in [-0.2, -0.15) is 0 Å². The summed E-state index contributed by atoms with van der Waals surface area (Å²) in [4.78, 5) is 12.2. The van der Waals surface area contributed by atoms with Crippen molar-refractivity contribution in [3.05, 3.63) is 29.8 Å². The molecule has 0 spiro atoms. The lowest BCUT2D eigenvalue weighted by Crippen LogP contribution is -2.41. The van der Waals surface area contributed by atoms with Gasteiger partial charge in [0.1, 0.15) is 5.60 Å². The molecule has 6 heteroatoms. The first-order valence-electron chi connectivity index (χ1n) is 10.3. The molecule has 1 amide bonds. The second-order valence-electron chi connectivity index (χ2n) is 10.0. The number of carbonyl (C=O) groups is 1. The highest BCUT2D eigenvalue weighted by molar-refractivity contribution is 6.62. The zero-order valence-electron chi connectivity index (χ0n) is 18.3. The van der Waals surface area contributed by atoms with Gasteiger partial charge in [-0.1, -0.05) is 30.7 Å². The molecular weight excluding hydrogens is 353 g/mol. The SMILES string of the molecule is CC(C)(C)OC(=O)N[C@@H]1CCC[C@@H]1c1ccc(B2OC(C)(C)C(C)(C)O2)cc1. The normalized spacial score (nSPS) is 26.3. The lowest BCUT2D eigenvalue weighted by Gasteiger charge is -2.32. The largest absolute Gasteiger partial charge is 0.494 e. The molecule has 0 unspecified atom stereocenters. The molecule has 1 saturated carbocycles. The van der Waals surface area contributed by atoms with E-state index in [-0.39, 0.29) is 30.5 Å². The van der Waals surface area contributed by atoms with Crippen molar-refractivity contribution in [1.82, 2.24) is 5.32 Å². The summed E-state index contributed by atoms with van der Waals surface area (Å²) >= 11 is 0. The lowest BCUT2D eigenvalue weighted by atomic mass is 9.78. The van der Waals surface area contributed by atoms with Crippen LogP contribution in [0, 0.1) is 0 Å². The molecule has 28 heavy (non-hydrogen) atoms. The third-order valence-electron chi connectivity index (χ3n) is 6.11. The minimum absolute atomic E-state index is 0.109. The summed E-state index contributed by atoms with van der Waals surface area (Å²) in [5.41, 5.74) is 1.09. The van der Waals surface area contributed by atoms with Crippen LogP contribution in [0.3, 0.4) is 0 Å². The molecule has 0 aromatic heterocycles. The fourth-order valence-electron chi connectivity index (χ4n) is 3.87. The smallest absolute Gasteiger partial charge is 0.444 e. The minimum Gasteiger partial charge on any atom is -0.444 e. The van der Waals surface area contributed by atoms with E-state index in [1.807, 2.05) is 20.8 Å². The molecule has 0 radical (unpaired) electrons. The van der Waals surface area contributed by atoms with Crippen LogP contribution >= 0.6 is 0 Å². The number of carbonyl (C=O) groups excluding carboxylic acids is 1. The van der Waals surface area contributed by atoms with Gasteiger partial charge in [0.05, 0.1) is 11.2 Å². The molecule has 1 saturated heterocycles. The highest BCUT2D eigenvalue weighted by Crippen LogP contribution is 2.37. The molecule has 2 fully saturated rings. The molecule has 1 aromatic rings. The molecular formula is C22H34BNO4. The quantitative estimate of drug-likeness (QED) is 0.792. The standard InChI is InChI=1S/C22H34BNO4/c1-20(2,3)26-19(25)24-18-10-8-9-17(18)15-11-13-16(14-12-15)23-27-21(4,5)22(6,7)28-23/h11-14,17-18H,8-10H2,1-7H3,(H,24,25)/t17-,18-/m1/s1. The van der Waals surface area contributed by atoms with Crippen LogP contribution in [0.15, 0.2) is 24.3 Å². The highest BCUT2D eigenvalue weighted by Gasteiger charge is 2.51. The van der Waals surface area contributed by atoms with E-state index in [0.717, 1.165) is 24.7 Å². The van der Waals surface area contributed by atoms with Crippen LogP contribution in [0.4, 0.5) is 4.79 Å². The van der Waals surface area contributed by atoms with E-state index in [1.54, 1.807) is 0 Å². The van der Waals surface area contributed by atoms with Gasteiger partial charge < -0.3 is 19.4 Å². The Hall–Kier alpha value is -1.53. The zero-order valence-corrected chi connectivity index (χ0v) is 18.3. The number of nitrogens with one attached hydrogen (secondary N) is 1. The van der Waals surface area contributed by atoms with Crippen molar-refractivity contribution in [1.29, 1.82) is 0 Å². The van der Waals surface area contributed by atoms with E-state index >= 15 is 0 Å². The minimum atomic E-state index is -0.483. The maximum Gasteiger partial charge on any atom is 0.494 e. The first kappa shape index (κ1) is 21.2. The molecule has 1 aliphatic carbocycles. The van der Waals surface area contributed by atoms with Gasteiger partial charge in [-0.25, -0.2) is 4.79 Å². The van der Waals surface area contributed by atoms with E-state index in [2.05, 4.69) is 57.3 Å². The van der Waals surface area contributed by atoms with Crippen LogP contribution < -0.4 is 10.8 Å². The van der Waals surface area contributed by atoms with Gasteiger partial charge >= 0.3 is 13.2 Å². The van der Waals surface area contributed by atoms with Crippen LogP contribution in [0.25, 0.3) is 0 Å². The Morgan fingerprint density at radius 3 is 2.18 bits per heavy atom. The van der Waals surface area contributed by atoms with Gasteiger partial charge in [0.2, 0.25) is 0 Å². The van der Waals surface area contributed by atoms with Crippen LogP contribution in [0.2, 0.25) is 0 Å². The Labute approximate surface area is 169 Å². The molecule has 0 bridgehead atoms. The topological polar surface area (TPSA) is 56.8 Å². The fourth-order valence-corrected chi connectivity index (χ4v) is 3.87. The first-order valence-corrected chi connectivity index (χ1v) is 10.3. The zero-order chi connectivity index (χ0) is 20.7. The Bertz CT molecular complexity index is 692. The maximum atomic E-state index is 12.2. The molecule has 2 atom stereocenters. The van der Waals surface area contributed by atoms with Gasteiger partial charge in [0.25, 0.3) is 0 Å². The molecule has 1 aliphatic heterocycles. The van der Waals surface area contributed by atoms with Gasteiger partial charge in [0.15, 0.2) is 0 Å². The Kier molecular flexibility index (Phi) is 5.58. The number of alkyl carbamates (subject to hydrolysis) is 1. The second kappa shape index (κ2) is 7.38. The van der Waals surface area contributed by atoms with E-state index in [4.69, 9.17) is 14.0 Å². The number of hydrogen-bond donors (Lipinski definition) is 1. The van der Waals surface area contributed by atoms with E-state index in [9.17, 15) is 4.79 Å². The summed E-state index contributed by atoms with van der Waals surface area (Å²) in [7, 11) is -0.349. The Balaban J connectivity index is 1.67. The predicted molar refractivity (Wildman–Crippen MR) is 112 cm³/mol. The summed E-state index contributed by atoms with van der Waals surface area (Å²) in [6.45, 7) is 13.9. The van der Waals surface area contributed by atoms with Crippen molar-refractivity contribution >= 4 is 18.7 Å². The average molecular weight is 387 g/mol. The maximum absolute atomic E-state index is 12.2. The van der Waals surface area contributed by atoms with Crippen molar-refractivity contribution in [3.63, 3.8) is 0 Å². The summed E-state index contributed by atoms with van der Waals surface area (Å²) < 4.78 is 17.7. The van der Waals surface area contributed by atoms with E-state index < -0.39 is 5.60 Å². The Morgan fingerprint density at radius 2 is 1.64 bits per heavy atom.